The molecule has 1 heterocycles. The van der Waals surface area contributed by atoms with Crippen molar-refractivity contribution in [3.63, 3.8) is 0 Å². The van der Waals surface area contributed by atoms with Crippen molar-refractivity contribution in [3.05, 3.63) is 17.5 Å². The second-order valence-electron chi connectivity index (χ2n) is 4.97. The standard InChI is InChI=1S/C13H21N3O2S/c1-8-6-9(2)16-12(15-8)19-10(3)7-13(4,14)11(17)18-5/h6,10H,7,14H2,1-5H3. The number of nitrogens with two attached hydrogens (primary N) is 1. The van der Waals surface area contributed by atoms with Gasteiger partial charge < -0.3 is 10.5 Å². The van der Waals surface area contributed by atoms with Crippen molar-refractivity contribution in [1.82, 2.24) is 9.97 Å². The van der Waals surface area contributed by atoms with Crippen LogP contribution in [0.1, 0.15) is 31.7 Å². The Bertz CT molecular complexity index is 443. The molecule has 0 radical (unpaired) electrons. The second kappa shape index (κ2) is 6.34. The van der Waals surface area contributed by atoms with Gasteiger partial charge in [-0.2, -0.15) is 0 Å². The maximum absolute atomic E-state index is 11.5. The molecule has 6 heteroatoms. The Morgan fingerprint density at radius 2 is 2.00 bits per heavy atom. The molecule has 1 aromatic rings. The lowest BCUT2D eigenvalue weighted by Gasteiger charge is -2.24. The number of aryl methyl sites for hydroxylation is 2. The van der Waals surface area contributed by atoms with E-state index in [1.807, 2.05) is 26.8 Å². The maximum atomic E-state index is 11.5. The average molecular weight is 283 g/mol. The molecule has 0 saturated carbocycles. The van der Waals surface area contributed by atoms with Crippen LogP contribution in [0.15, 0.2) is 11.2 Å². The lowest BCUT2D eigenvalue weighted by atomic mass is 9.98. The second-order valence-corrected chi connectivity index (χ2v) is 6.38. The van der Waals surface area contributed by atoms with Gasteiger partial charge in [-0.05, 0) is 33.3 Å². The van der Waals surface area contributed by atoms with E-state index in [-0.39, 0.29) is 5.25 Å². The molecule has 5 nitrogen and oxygen atoms in total. The Balaban J connectivity index is 2.69. The quantitative estimate of drug-likeness (QED) is 0.505. The summed E-state index contributed by atoms with van der Waals surface area (Å²) in [4.78, 5) is 20.3. The van der Waals surface area contributed by atoms with Gasteiger partial charge in [0.25, 0.3) is 0 Å². The van der Waals surface area contributed by atoms with Crippen LogP contribution in [0.3, 0.4) is 0 Å². The summed E-state index contributed by atoms with van der Waals surface area (Å²) in [5, 5.41) is 0.834. The Kier molecular flexibility index (Phi) is 5.31. The van der Waals surface area contributed by atoms with Crippen LogP contribution < -0.4 is 5.73 Å². The van der Waals surface area contributed by atoms with Crippen molar-refractivity contribution in [2.75, 3.05) is 7.11 Å². The van der Waals surface area contributed by atoms with E-state index >= 15 is 0 Å². The molecule has 2 atom stereocenters. The van der Waals surface area contributed by atoms with Gasteiger partial charge in [0.15, 0.2) is 5.16 Å². The molecule has 2 N–H and O–H groups in total. The molecule has 1 aromatic heterocycles. The van der Waals surface area contributed by atoms with Crippen LogP contribution in [0.25, 0.3) is 0 Å². The molecular weight excluding hydrogens is 262 g/mol. The molecule has 0 aliphatic carbocycles. The minimum absolute atomic E-state index is 0.121. The van der Waals surface area contributed by atoms with Crippen molar-refractivity contribution < 1.29 is 9.53 Å². The van der Waals surface area contributed by atoms with Gasteiger partial charge >= 0.3 is 5.97 Å². The molecule has 0 fully saturated rings. The molecule has 1 rings (SSSR count). The summed E-state index contributed by atoms with van der Waals surface area (Å²) < 4.78 is 4.70. The SMILES string of the molecule is COC(=O)C(C)(N)CC(C)Sc1nc(C)cc(C)n1. The summed E-state index contributed by atoms with van der Waals surface area (Å²) in [5.74, 6) is -0.402. The van der Waals surface area contributed by atoms with Crippen LogP contribution in [0.5, 0.6) is 0 Å². The number of thioether (sulfide) groups is 1. The van der Waals surface area contributed by atoms with Gasteiger partial charge in [-0.15, -0.1) is 0 Å². The predicted molar refractivity (Wildman–Crippen MR) is 76.1 cm³/mol. The van der Waals surface area contributed by atoms with E-state index in [4.69, 9.17) is 10.5 Å². The van der Waals surface area contributed by atoms with Crippen LogP contribution in [0, 0.1) is 13.8 Å². The Hall–Kier alpha value is -1.14. The molecule has 2 unspecified atom stereocenters. The molecule has 0 bridgehead atoms. The molecule has 0 saturated heterocycles. The summed E-state index contributed by atoms with van der Waals surface area (Å²) in [6, 6.07) is 1.93. The van der Waals surface area contributed by atoms with E-state index in [1.165, 1.54) is 18.9 Å². The summed E-state index contributed by atoms with van der Waals surface area (Å²) in [6.45, 7) is 7.55. The van der Waals surface area contributed by atoms with Gasteiger partial charge in [0.1, 0.15) is 5.54 Å². The molecule has 0 aromatic carbocycles. The van der Waals surface area contributed by atoms with Gasteiger partial charge in [0, 0.05) is 16.6 Å². The van der Waals surface area contributed by atoms with E-state index in [9.17, 15) is 4.79 Å². The first-order valence-corrected chi connectivity index (χ1v) is 6.99. The molecule has 19 heavy (non-hydrogen) atoms. The number of carbonyl (C=O) groups is 1. The van der Waals surface area contributed by atoms with E-state index in [0.717, 1.165) is 11.4 Å². The van der Waals surface area contributed by atoms with Crippen molar-refractivity contribution >= 4 is 17.7 Å². The smallest absolute Gasteiger partial charge is 0.325 e. The van der Waals surface area contributed by atoms with E-state index in [0.29, 0.717) is 11.6 Å². The third kappa shape index (κ3) is 4.80. The van der Waals surface area contributed by atoms with Crippen molar-refractivity contribution in [3.8, 4) is 0 Å². The highest BCUT2D eigenvalue weighted by molar-refractivity contribution is 7.99. The third-order valence-electron chi connectivity index (χ3n) is 2.63. The fourth-order valence-electron chi connectivity index (χ4n) is 1.88. The van der Waals surface area contributed by atoms with E-state index in [1.54, 1.807) is 6.92 Å². The Morgan fingerprint density at radius 1 is 1.47 bits per heavy atom. The average Bonchev–Trinajstić information content (AvgIpc) is 2.25. The number of rotatable bonds is 5. The highest BCUT2D eigenvalue weighted by Crippen LogP contribution is 2.26. The van der Waals surface area contributed by atoms with Gasteiger partial charge in [0.05, 0.1) is 7.11 Å². The molecule has 0 amide bonds. The Morgan fingerprint density at radius 3 is 2.47 bits per heavy atom. The number of nitrogens with zero attached hydrogens (tertiary/aromatic N) is 2. The largest absolute Gasteiger partial charge is 0.468 e. The Labute approximate surface area is 118 Å². The minimum Gasteiger partial charge on any atom is -0.468 e. The normalized spacial score (nSPS) is 15.7. The van der Waals surface area contributed by atoms with Crippen LogP contribution in [0.2, 0.25) is 0 Å². The number of hydrogen-bond donors (Lipinski definition) is 1. The number of esters is 1. The highest BCUT2D eigenvalue weighted by atomic mass is 32.2. The number of aromatic nitrogens is 2. The van der Waals surface area contributed by atoms with E-state index in [2.05, 4.69) is 9.97 Å². The van der Waals surface area contributed by atoms with Crippen LogP contribution >= 0.6 is 11.8 Å². The topological polar surface area (TPSA) is 78.1 Å². The van der Waals surface area contributed by atoms with Gasteiger partial charge in [-0.1, -0.05) is 18.7 Å². The number of carbonyl (C=O) groups excluding carboxylic acids is 1. The summed E-state index contributed by atoms with van der Waals surface area (Å²) in [5.41, 5.74) is 6.84. The molecule has 106 valence electrons. The van der Waals surface area contributed by atoms with Crippen molar-refractivity contribution in [1.29, 1.82) is 0 Å². The summed E-state index contributed by atoms with van der Waals surface area (Å²) in [6.07, 6.45) is 0.501. The molecule has 0 aliphatic rings. The summed E-state index contributed by atoms with van der Waals surface area (Å²) >= 11 is 1.52. The lowest BCUT2D eigenvalue weighted by Crippen LogP contribution is -2.47. The lowest BCUT2D eigenvalue weighted by molar-refractivity contribution is -0.146. The van der Waals surface area contributed by atoms with Crippen molar-refractivity contribution in [2.24, 2.45) is 5.73 Å². The van der Waals surface area contributed by atoms with Gasteiger partial charge in [-0.25, -0.2) is 9.97 Å². The van der Waals surface area contributed by atoms with E-state index < -0.39 is 11.5 Å². The van der Waals surface area contributed by atoms with Crippen LogP contribution in [-0.4, -0.2) is 33.8 Å². The maximum Gasteiger partial charge on any atom is 0.325 e. The fourth-order valence-corrected chi connectivity index (χ4v) is 3.06. The van der Waals surface area contributed by atoms with Crippen molar-refractivity contribution in [2.45, 2.75) is 50.1 Å². The first-order valence-electron chi connectivity index (χ1n) is 6.11. The van der Waals surface area contributed by atoms with Crippen LogP contribution in [0.4, 0.5) is 0 Å². The third-order valence-corrected chi connectivity index (χ3v) is 3.59. The zero-order chi connectivity index (χ0) is 14.6. The van der Waals surface area contributed by atoms with Crippen LogP contribution in [-0.2, 0) is 9.53 Å². The highest BCUT2D eigenvalue weighted by Gasteiger charge is 2.31. The number of ether oxygens (including phenoxy) is 1. The van der Waals surface area contributed by atoms with Gasteiger partial charge in [0.2, 0.25) is 0 Å². The predicted octanol–water partition coefficient (Wildman–Crippen LogP) is 1.85. The monoisotopic (exact) mass is 283 g/mol. The molecule has 0 spiro atoms. The number of methoxy groups -OCH3 is 1. The first-order chi connectivity index (χ1) is 8.74. The first kappa shape index (κ1) is 15.9. The zero-order valence-corrected chi connectivity index (χ0v) is 12.9. The minimum atomic E-state index is -0.986. The summed E-state index contributed by atoms with van der Waals surface area (Å²) in [7, 11) is 1.35. The molecular formula is C13H21N3O2S. The van der Waals surface area contributed by atoms with Gasteiger partial charge in [-0.3, -0.25) is 4.79 Å². The fraction of sp³-hybridized carbons (Fsp3) is 0.615. The number of hydrogen-bond acceptors (Lipinski definition) is 6. The molecule has 0 aliphatic heterocycles. The zero-order valence-electron chi connectivity index (χ0n) is 12.1.